The summed E-state index contributed by atoms with van der Waals surface area (Å²) < 4.78 is 0. The fraction of sp³-hybridized carbons (Fsp3) is 0.462. The van der Waals surface area contributed by atoms with Crippen LogP contribution in [0.1, 0.15) is 5.56 Å². The van der Waals surface area contributed by atoms with Gasteiger partial charge in [0.25, 0.3) is 0 Å². The predicted octanol–water partition coefficient (Wildman–Crippen LogP) is 1.22. The van der Waals surface area contributed by atoms with Crippen molar-refractivity contribution >= 4 is 17.5 Å². The molecule has 1 aromatic rings. The second-order valence-electron chi connectivity index (χ2n) is 4.88. The number of rotatable bonds is 3. The monoisotopic (exact) mass is 250 g/mol. The van der Waals surface area contributed by atoms with E-state index in [0.717, 1.165) is 18.7 Å². The molecule has 4 heteroatoms. The van der Waals surface area contributed by atoms with Crippen LogP contribution in [0.25, 0.3) is 0 Å². The Hall–Kier alpha value is -1.06. The van der Waals surface area contributed by atoms with Gasteiger partial charge in [-0.15, -0.1) is 0 Å². The zero-order valence-electron chi connectivity index (χ0n) is 9.45. The molecule has 0 bridgehead atoms. The molecule has 1 aliphatic heterocycles. The minimum Gasteiger partial charge on any atom is -0.352 e. The highest BCUT2D eigenvalue weighted by Crippen LogP contribution is 2.41. The van der Waals surface area contributed by atoms with Crippen molar-refractivity contribution < 1.29 is 4.79 Å². The molecule has 2 N–H and O–H groups in total. The molecule has 1 aromatic carbocycles. The van der Waals surface area contributed by atoms with Crippen molar-refractivity contribution in [2.45, 2.75) is 12.5 Å². The van der Waals surface area contributed by atoms with E-state index in [1.54, 1.807) is 0 Å². The fourth-order valence-electron chi connectivity index (χ4n) is 2.66. The number of fused-ring (bicyclic) bond motifs is 1. The van der Waals surface area contributed by atoms with Crippen LogP contribution in [0.4, 0.5) is 0 Å². The van der Waals surface area contributed by atoms with Crippen molar-refractivity contribution in [2.75, 3.05) is 13.1 Å². The molecule has 3 rings (SSSR count). The Kier molecular flexibility index (Phi) is 2.81. The molecule has 17 heavy (non-hydrogen) atoms. The molecule has 1 saturated carbocycles. The van der Waals surface area contributed by atoms with Crippen LogP contribution in [0.3, 0.4) is 0 Å². The Labute approximate surface area is 106 Å². The van der Waals surface area contributed by atoms with Crippen LogP contribution >= 0.6 is 11.6 Å². The lowest BCUT2D eigenvalue weighted by molar-refractivity contribution is -0.120. The van der Waals surface area contributed by atoms with Gasteiger partial charge >= 0.3 is 0 Å². The average molecular weight is 251 g/mol. The first-order chi connectivity index (χ1) is 8.24. The largest absolute Gasteiger partial charge is 0.352 e. The van der Waals surface area contributed by atoms with Gasteiger partial charge in [0.05, 0.1) is 6.42 Å². The van der Waals surface area contributed by atoms with Crippen molar-refractivity contribution in [3.63, 3.8) is 0 Å². The lowest BCUT2D eigenvalue weighted by Crippen LogP contribution is -2.33. The number of piperidine rings is 1. The molecule has 0 radical (unpaired) electrons. The summed E-state index contributed by atoms with van der Waals surface area (Å²) in [6.45, 7) is 2.10. The Morgan fingerprint density at radius 2 is 1.94 bits per heavy atom. The first kappa shape index (κ1) is 11.1. The second kappa shape index (κ2) is 4.31. The maximum absolute atomic E-state index is 11.8. The molecule has 2 fully saturated rings. The topological polar surface area (TPSA) is 41.1 Å². The highest BCUT2D eigenvalue weighted by molar-refractivity contribution is 6.30. The molecular formula is C13H15ClN2O. The third kappa shape index (κ3) is 2.31. The van der Waals surface area contributed by atoms with Crippen LogP contribution in [0.15, 0.2) is 24.3 Å². The molecule has 3 nitrogen and oxygen atoms in total. The Morgan fingerprint density at radius 3 is 2.59 bits per heavy atom. The Balaban J connectivity index is 1.52. The minimum atomic E-state index is 0.117. The number of halogens is 1. The van der Waals surface area contributed by atoms with Crippen LogP contribution in [-0.4, -0.2) is 25.0 Å². The van der Waals surface area contributed by atoms with Crippen molar-refractivity contribution in [3.05, 3.63) is 34.9 Å². The van der Waals surface area contributed by atoms with Gasteiger partial charge in [-0.05, 0) is 29.5 Å². The van der Waals surface area contributed by atoms with Crippen LogP contribution in [0, 0.1) is 11.8 Å². The second-order valence-corrected chi connectivity index (χ2v) is 5.32. The zero-order valence-corrected chi connectivity index (χ0v) is 10.2. The smallest absolute Gasteiger partial charge is 0.224 e. The van der Waals surface area contributed by atoms with E-state index in [2.05, 4.69) is 10.6 Å². The van der Waals surface area contributed by atoms with E-state index in [9.17, 15) is 4.79 Å². The molecule has 2 aliphatic rings. The number of carbonyl (C=O) groups is 1. The lowest BCUT2D eigenvalue weighted by Gasteiger charge is -2.07. The highest BCUT2D eigenvalue weighted by atomic mass is 35.5. The van der Waals surface area contributed by atoms with E-state index in [1.165, 1.54) is 0 Å². The van der Waals surface area contributed by atoms with Crippen molar-refractivity contribution in [3.8, 4) is 0 Å². The van der Waals surface area contributed by atoms with Crippen molar-refractivity contribution in [1.82, 2.24) is 10.6 Å². The maximum Gasteiger partial charge on any atom is 0.224 e. The minimum absolute atomic E-state index is 0.117. The molecule has 90 valence electrons. The standard InChI is InChI=1S/C13H15ClN2O/c14-9-3-1-8(2-4-9)5-12(17)16-13-10-6-15-7-11(10)13/h1-4,10-11,13,15H,5-7H2,(H,16,17). The van der Waals surface area contributed by atoms with Crippen LogP contribution < -0.4 is 10.6 Å². The highest BCUT2D eigenvalue weighted by Gasteiger charge is 2.53. The molecule has 0 spiro atoms. The van der Waals surface area contributed by atoms with Gasteiger partial charge in [-0.2, -0.15) is 0 Å². The molecule has 1 heterocycles. The van der Waals surface area contributed by atoms with Crippen molar-refractivity contribution in [2.24, 2.45) is 11.8 Å². The van der Waals surface area contributed by atoms with Gasteiger partial charge in [0.15, 0.2) is 0 Å². The van der Waals surface area contributed by atoms with Crippen LogP contribution in [0.2, 0.25) is 5.02 Å². The molecule has 1 aliphatic carbocycles. The number of benzene rings is 1. The third-order valence-electron chi connectivity index (χ3n) is 3.70. The lowest BCUT2D eigenvalue weighted by atomic mass is 10.1. The summed E-state index contributed by atoms with van der Waals surface area (Å²) in [5.74, 6) is 1.46. The maximum atomic E-state index is 11.8. The van der Waals surface area contributed by atoms with Gasteiger partial charge in [0.2, 0.25) is 5.91 Å². The van der Waals surface area contributed by atoms with E-state index < -0.39 is 0 Å². The first-order valence-electron chi connectivity index (χ1n) is 5.98. The third-order valence-corrected chi connectivity index (χ3v) is 3.95. The molecule has 1 amide bonds. The first-order valence-corrected chi connectivity index (χ1v) is 6.36. The average Bonchev–Trinajstić information content (AvgIpc) is 2.77. The molecule has 2 atom stereocenters. The van der Waals surface area contributed by atoms with E-state index in [-0.39, 0.29) is 5.91 Å². The normalized spacial score (nSPS) is 29.8. The molecule has 2 unspecified atom stereocenters. The van der Waals surface area contributed by atoms with E-state index in [0.29, 0.717) is 29.3 Å². The summed E-state index contributed by atoms with van der Waals surface area (Å²) in [5, 5.41) is 7.13. The van der Waals surface area contributed by atoms with Gasteiger partial charge in [-0.1, -0.05) is 23.7 Å². The molecule has 0 aromatic heterocycles. The summed E-state index contributed by atoms with van der Waals surface area (Å²) >= 11 is 5.80. The summed E-state index contributed by atoms with van der Waals surface area (Å²) in [6.07, 6.45) is 0.445. The number of hydrogen-bond acceptors (Lipinski definition) is 2. The quantitative estimate of drug-likeness (QED) is 0.847. The summed E-state index contributed by atoms with van der Waals surface area (Å²) in [6, 6.07) is 7.85. The van der Waals surface area contributed by atoms with Gasteiger partial charge in [-0.25, -0.2) is 0 Å². The van der Waals surface area contributed by atoms with Gasteiger partial charge < -0.3 is 10.6 Å². The van der Waals surface area contributed by atoms with Crippen LogP contribution in [-0.2, 0) is 11.2 Å². The zero-order chi connectivity index (χ0) is 11.8. The molecular weight excluding hydrogens is 236 g/mol. The predicted molar refractivity (Wildman–Crippen MR) is 66.9 cm³/mol. The van der Waals surface area contributed by atoms with E-state index in [4.69, 9.17) is 11.6 Å². The van der Waals surface area contributed by atoms with Gasteiger partial charge in [0, 0.05) is 24.2 Å². The Morgan fingerprint density at radius 1 is 1.29 bits per heavy atom. The number of amides is 1. The van der Waals surface area contributed by atoms with Crippen LogP contribution in [0.5, 0.6) is 0 Å². The van der Waals surface area contributed by atoms with E-state index in [1.807, 2.05) is 24.3 Å². The van der Waals surface area contributed by atoms with Gasteiger partial charge in [0.1, 0.15) is 0 Å². The number of nitrogens with one attached hydrogen (secondary N) is 2. The number of hydrogen-bond donors (Lipinski definition) is 2. The number of carbonyl (C=O) groups excluding carboxylic acids is 1. The van der Waals surface area contributed by atoms with Crippen molar-refractivity contribution in [1.29, 1.82) is 0 Å². The fourth-order valence-corrected chi connectivity index (χ4v) is 2.78. The summed E-state index contributed by atoms with van der Waals surface area (Å²) in [5.41, 5.74) is 1.01. The molecule has 1 saturated heterocycles. The van der Waals surface area contributed by atoms with E-state index >= 15 is 0 Å². The summed E-state index contributed by atoms with van der Waals surface area (Å²) in [4.78, 5) is 11.8. The SMILES string of the molecule is O=C(Cc1ccc(Cl)cc1)NC1C2CNCC21. The van der Waals surface area contributed by atoms with Gasteiger partial charge in [-0.3, -0.25) is 4.79 Å². The summed E-state index contributed by atoms with van der Waals surface area (Å²) in [7, 11) is 0. The Bertz CT molecular complexity index is 422.